The zero-order valence-corrected chi connectivity index (χ0v) is 12.4. The minimum atomic E-state index is 0.743. The Labute approximate surface area is 116 Å². The number of hydrogen-bond donors (Lipinski definition) is 1. The number of likely N-dealkylation sites (N-methyl/N-ethyl adjacent to an activating group) is 1. The van der Waals surface area contributed by atoms with Crippen molar-refractivity contribution in [2.75, 3.05) is 33.8 Å². The first-order valence-corrected chi connectivity index (χ1v) is 7.25. The van der Waals surface area contributed by atoms with Crippen LogP contribution in [0.15, 0.2) is 18.2 Å². The van der Waals surface area contributed by atoms with Crippen LogP contribution in [0.2, 0.25) is 0 Å². The zero-order valence-electron chi connectivity index (χ0n) is 12.4. The molecule has 2 rings (SSSR count). The summed E-state index contributed by atoms with van der Waals surface area (Å²) < 4.78 is 5.31. The molecule has 0 aromatic heterocycles. The van der Waals surface area contributed by atoms with Crippen LogP contribution in [0, 0.1) is 6.92 Å². The summed E-state index contributed by atoms with van der Waals surface area (Å²) in [6, 6.07) is 7.10. The molecule has 0 amide bonds. The lowest BCUT2D eigenvalue weighted by Gasteiger charge is -2.31. The van der Waals surface area contributed by atoms with Gasteiger partial charge in [0.1, 0.15) is 5.75 Å². The molecule has 1 aromatic rings. The summed E-state index contributed by atoms with van der Waals surface area (Å²) in [7, 11) is 3.99. The van der Waals surface area contributed by atoms with E-state index in [-0.39, 0.29) is 0 Å². The second kappa shape index (κ2) is 6.92. The van der Waals surface area contributed by atoms with E-state index in [1.807, 2.05) is 6.07 Å². The maximum absolute atomic E-state index is 5.31. The number of rotatable bonds is 5. The highest BCUT2D eigenvalue weighted by molar-refractivity contribution is 5.35. The molecule has 1 heterocycles. The van der Waals surface area contributed by atoms with Crippen LogP contribution < -0.4 is 10.1 Å². The lowest BCUT2D eigenvalue weighted by Crippen LogP contribution is -2.41. The Balaban J connectivity index is 1.90. The van der Waals surface area contributed by atoms with Crippen LogP contribution >= 0.6 is 0 Å². The van der Waals surface area contributed by atoms with Gasteiger partial charge in [-0.1, -0.05) is 6.07 Å². The molecule has 1 aliphatic heterocycles. The molecule has 1 aromatic carbocycles. The van der Waals surface area contributed by atoms with Crippen molar-refractivity contribution < 1.29 is 4.74 Å². The Morgan fingerprint density at radius 1 is 1.32 bits per heavy atom. The van der Waals surface area contributed by atoms with Crippen molar-refractivity contribution in [1.82, 2.24) is 10.2 Å². The number of hydrogen-bond acceptors (Lipinski definition) is 3. The third kappa shape index (κ3) is 3.95. The molecule has 0 spiro atoms. The molecule has 1 aliphatic rings. The monoisotopic (exact) mass is 262 g/mol. The third-order valence-electron chi connectivity index (χ3n) is 4.22. The van der Waals surface area contributed by atoms with E-state index in [1.165, 1.54) is 24.0 Å². The predicted molar refractivity (Wildman–Crippen MR) is 80.0 cm³/mol. The maximum atomic E-state index is 5.31. The number of piperidine rings is 1. The average Bonchev–Trinajstić information content (AvgIpc) is 2.47. The van der Waals surface area contributed by atoms with Gasteiger partial charge in [-0.05, 0) is 69.6 Å². The largest absolute Gasteiger partial charge is 0.497 e. The van der Waals surface area contributed by atoms with Crippen molar-refractivity contribution in [3.63, 3.8) is 0 Å². The normalized spacial score (nSPS) is 16.8. The highest BCUT2D eigenvalue weighted by atomic mass is 16.5. The fourth-order valence-electron chi connectivity index (χ4n) is 2.77. The van der Waals surface area contributed by atoms with E-state index in [0.717, 1.165) is 37.8 Å². The summed E-state index contributed by atoms with van der Waals surface area (Å²) in [5.41, 5.74) is 2.76. The lowest BCUT2D eigenvalue weighted by atomic mass is 10.0. The van der Waals surface area contributed by atoms with Crippen molar-refractivity contribution in [3.8, 4) is 5.75 Å². The smallest absolute Gasteiger partial charge is 0.119 e. The van der Waals surface area contributed by atoms with Crippen LogP contribution in [0.1, 0.15) is 24.0 Å². The Kier molecular flexibility index (Phi) is 5.23. The van der Waals surface area contributed by atoms with Crippen LogP contribution in [0.5, 0.6) is 5.75 Å². The number of nitrogens with zero attached hydrogens (tertiary/aromatic N) is 1. The average molecular weight is 262 g/mol. The quantitative estimate of drug-likeness (QED) is 0.880. The van der Waals surface area contributed by atoms with Gasteiger partial charge >= 0.3 is 0 Å². The van der Waals surface area contributed by atoms with E-state index in [0.29, 0.717) is 0 Å². The molecular formula is C16H26N2O. The summed E-state index contributed by atoms with van der Waals surface area (Å²) in [4.78, 5) is 2.51. The summed E-state index contributed by atoms with van der Waals surface area (Å²) in [5.74, 6) is 0.963. The molecular weight excluding hydrogens is 236 g/mol. The van der Waals surface area contributed by atoms with Gasteiger partial charge in [-0.2, -0.15) is 0 Å². The van der Waals surface area contributed by atoms with E-state index in [2.05, 4.69) is 36.3 Å². The molecule has 0 aliphatic carbocycles. The van der Waals surface area contributed by atoms with Gasteiger partial charge in [-0.3, -0.25) is 0 Å². The molecule has 3 heteroatoms. The summed E-state index contributed by atoms with van der Waals surface area (Å²) >= 11 is 0. The lowest BCUT2D eigenvalue weighted by molar-refractivity contribution is 0.201. The molecule has 3 nitrogen and oxygen atoms in total. The molecule has 0 saturated carbocycles. The van der Waals surface area contributed by atoms with E-state index in [1.54, 1.807) is 7.11 Å². The van der Waals surface area contributed by atoms with Gasteiger partial charge in [-0.25, -0.2) is 0 Å². The van der Waals surface area contributed by atoms with Gasteiger partial charge < -0.3 is 15.0 Å². The molecule has 0 radical (unpaired) electrons. The molecule has 106 valence electrons. The minimum absolute atomic E-state index is 0.743. The second-order valence-electron chi connectivity index (χ2n) is 5.50. The Bertz CT molecular complexity index is 400. The van der Waals surface area contributed by atoms with Crippen molar-refractivity contribution in [1.29, 1.82) is 0 Å². The van der Waals surface area contributed by atoms with Crippen molar-refractivity contribution in [2.45, 2.75) is 32.2 Å². The molecule has 0 bridgehead atoms. The summed E-state index contributed by atoms with van der Waals surface area (Å²) in [5, 5.41) is 3.42. The van der Waals surface area contributed by atoms with E-state index >= 15 is 0 Å². The van der Waals surface area contributed by atoms with Crippen molar-refractivity contribution in [2.24, 2.45) is 0 Å². The van der Waals surface area contributed by atoms with Crippen LogP contribution in [-0.2, 0) is 6.42 Å². The summed E-state index contributed by atoms with van der Waals surface area (Å²) in [6.45, 7) is 5.62. The van der Waals surface area contributed by atoms with Gasteiger partial charge in [0, 0.05) is 12.6 Å². The van der Waals surface area contributed by atoms with Gasteiger partial charge in [0.25, 0.3) is 0 Å². The first-order chi connectivity index (χ1) is 9.20. The minimum Gasteiger partial charge on any atom is -0.497 e. The number of benzene rings is 1. The van der Waals surface area contributed by atoms with Crippen molar-refractivity contribution >= 4 is 0 Å². The highest BCUT2D eigenvalue weighted by Gasteiger charge is 2.17. The molecule has 1 N–H and O–H groups in total. The van der Waals surface area contributed by atoms with E-state index in [4.69, 9.17) is 4.74 Å². The van der Waals surface area contributed by atoms with Crippen molar-refractivity contribution in [3.05, 3.63) is 29.3 Å². The summed E-state index contributed by atoms with van der Waals surface area (Å²) in [6.07, 6.45) is 3.64. The fourth-order valence-corrected chi connectivity index (χ4v) is 2.77. The first-order valence-electron chi connectivity index (χ1n) is 7.25. The maximum Gasteiger partial charge on any atom is 0.119 e. The van der Waals surface area contributed by atoms with E-state index in [9.17, 15) is 0 Å². The number of aryl methyl sites for hydroxylation is 1. The van der Waals surface area contributed by atoms with Crippen LogP contribution in [0.25, 0.3) is 0 Å². The SMILES string of the molecule is COc1ccc(C)c(CCN(C)C2CCNCC2)c1. The van der Waals surface area contributed by atoms with Gasteiger partial charge in [0.05, 0.1) is 7.11 Å². The predicted octanol–water partition coefficient (Wildman–Crippen LogP) is 2.23. The Morgan fingerprint density at radius 3 is 2.74 bits per heavy atom. The van der Waals surface area contributed by atoms with Crippen LogP contribution in [0.3, 0.4) is 0 Å². The van der Waals surface area contributed by atoms with Crippen LogP contribution in [-0.4, -0.2) is 44.7 Å². The first kappa shape index (κ1) is 14.4. The topological polar surface area (TPSA) is 24.5 Å². The second-order valence-corrected chi connectivity index (χ2v) is 5.50. The Hall–Kier alpha value is -1.06. The zero-order chi connectivity index (χ0) is 13.7. The van der Waals surface area contributed by atoms with E-state index < -0.39 is 0 Å². The van der Waals surface area contributed by atoms with Gasteiger partial charge in [0.15, 0.2) is 0 Å². The molecule has 1 saturated heterocycles. The number of methoxy groups -OCH3 is 1. The van der Waals surface area contributed by atoms with Crippen LogP contribution in [0.4, 0.5) is 0 Å². The number of ether oxygens (including phenoxy) is 1. The standard InChI is InChI=1S/C16H26N2O/c1-13-4-5-16(19-3)12-14(13)8-11-18(2)15-6-9-17-10-7-15/h4-5,12,15,17H,6-11H2,1-3H3. The Morgan fingerprint density at radius 2 is 2.05 bits per heavy atom. The number of nitrogens with one attached hydrogen (secondary N) is 1. The molecule has 0 unspecified atom stereocenters. The molecule has 19 heavy (non-hydrogen) atoms. The van der Waals surface area contributed by atoms with Gasteiger partial charge in [-0.15, -0.1) is 0 Å². The molecule has 0 atom stereocenters. The van der Waals surface area contributed by atoms with Gasteiger partial charge in [0.2, 0.25) is 0 Å². The third-order valence-corrected chi connectivity index (χ3v) is 4.22. The highest BCUT2D eigenvalue weighted by Crippen LogP contribution is 2.18. The fraction of sp³-hybridized carbons (Fsp3) is 0.625. The molecule has 1 fully saturated rings.